The number of fused-ring (bicyclic) bond motifs is 1. The van der Waals surface area contributed by atoms with E-state index >= 15 is 0 Å². The van der Waals surface area contributed by atoms with Crippen molar-refractivity contribution in [1.29, 1.82) is 0 Å². The van der Waals surface area contributed by atoms with Crippen molar-refractivity contribution in [3.8, 4) is 0 Å². The number of guanidine groups is 1. The number of benzene rings is 2. The van der Waals surface area contributed by atoms with Crippen molar-refractivity contribution in [2.75, 3.05) is 26.7 Å². The second-order valence-corrected chi connectivity index (χ2v) is 6.64. The molecule has 1 heterocycles. The Hall–Kier alpha value is -2.33. The summed E-state index contributed by atoms with van der Waals surface area (Å²) in [4.78, 5) is 6.82. The first-order chi connectivity index (χ1) is 12.2. The molecule has 0 aromatic heterocycles. The summed E-state index contributed by atoms with van der Waals surface area (Å²) in [5.74, 6) is 0.860. The zero-order chi connectivity index (χ0) is 17.5. The van der Waals surface area contributed by atoms with Crippen molar-refractivity contribution in [3.05, 3.63) is 70.8 Å². The van der Waals surface area contributed by atoms with E-state index in [4.69, 9.17) is 0 Å². The minimum atomic E-state index is 0.790. The molecule has 0 saturated carbocycles. The molecular formula is C21H28N4. The molecule has 1 aliphatic heterocycles. The van der Waals surface area contributed by atoms with Crippen LogP contribution >= 0.6 is 0 Å². The number of hydrogen-bond acceptors (Lipinski definition) is 2. The maximum atomic E-state index is 4.32. The van der Waals surface area contributed by atoms with E-state index in [0.717, 1.165) is 45.1 Å². The fraction of sp³-hybridized carbons (Fsp3) is 0.381. The molecule has 2 aromatic rings. The average molecular weight is 336 g/mol. The van der Waals surface area contributed by atoms with Crippen LogP contribution in [0.5, 0.6) is 0 Å². The first-order valence-corrected chi connectivity index (χ1v) is 9.04. The first-order valence-electron chi connectivity index (χ1n) is 9.04. The summed E-state index contributed by atoms with van der Waals surface area (Å²) in [5, 5.41) is 6.81. The summed E-state index contributed by atoms with van der Waals surface area (Å²) in [6.45, 7) is 7.02. The second-order valence-electron chi connectivity index (χ2n) is 6.64. The van der Waals surface area contributed by atoms with Gasteiger partial charge in [0, 0.05) is 39.8 Å². The quantitative estimate of drug-likeness (QED) is 0.651. The number of hydrogen-bond donors (Lipinski definition) is 2. The average Bonchev–Trinajstić information content (AvgIpc) is 2.64. The Morgan fingerprint density at radius 3 is 2.72 bits per heavy atom. The Bertz CT molecular complexity index is 723. The van der Waals surface area contributed by atoms with Gasteiger partial charge in [0.25, 0.3) is 0 Å². The number of nitrogens with one attached hydrogen (secondary N) is 2. The summed E-state index contributed by atoms with van der Waals surface area (Å²) >= 11 is 0. The lowest BCUT2D eigenvalue weighted by Crippen LogP contribution is -2.42. The minimum absolute atomic E-state index is 0.790. The molecule has 3 rings (SSSR count). The third-order valence-corrected chi connectivity index (χ3v) is 4.70. The van der Waals surface area contributed by atoms with E-state index in [1.165, 1.54) is 22.3 Å². The molecule has 0 amide bonds. The van der Waals surface area contributed by atoms with Gasteiger partial charge < -0.3 is 10.6 Å². The van der Waals surface area contributed by atoms with E-state index in [2.05, 4.69) is 76.0 Å². The molecule has 0 aliphatic carbocycles. The Labute approximate surface area is 151 Å². The molecule has 0 unspecified atom stereocenters. The minimum Gasteiger partial charge on any atom is -0.355 e. The number of aryl methyl sites for hydroxylation is 1. The monoisotopic (exact) mass is 336 g/mol. The van der Waals surface area contributed by atoms with Crippen LogP contribution in [0.2, 0.25) is 0 Å². The van der Waals surface area contributed by atoms with Crippen LogP contribution < -0.4 is 10.6 Å². The molecule has 2 aromatic carbocycles. The van der Waals surface area contributed by atoms with E-state index in [1.807, 2.05) is 7.05 Å². The lowest BCUT2D eigenvalue weighted by Gasteiger charge is -2.28. The highest BCUT2D eigenvalue weighted by Crippen LogP contribution is 2.17. The van der Waals surface area contributed by atoms with Crippen LogP contribution in [0, 0.1) is 6.92 Å². The third kappa shape index (κ3) is 5.07. The predicted octanol–water partition coefficient (Wildman–Crippen LogP) is 2.72. The molecule has 0 atom stereocenters. The predicted molar refractivity (Wildman–Crippen MR) is 105 cm³/mol. The van der Waals surface area contributed by atoms with Gasteiger partial charge in [0.1, 0.15) is 0 Å². The topological polar surface area (TPSA) is 39.7 Å². The molecular weight excluding hydrogens is 308 g/mol. The number of rotatable bonds is 5. The summed E-state index contributed by atoms with van der Waals surface area (Å²) in [5.41, 5.74) is 5.53. The Balaban J connectivity index is 1.42. The highest BCUT2D eigenvalue weighted by atomic mass is 15.2. The van der Waals surface area contributed by atoms with E-state index in [-0.39, 0.29) is 0 Å². The van der Waals surface area contributed by atoms with Gasteiger partial charge in [0.2, 0.25) is 0 Å². The van der Waals surface area contributed by atoms with Crippen LogP contribution in [0.15, 0.2) is 53.5 Å². The zero-order valence-electron chi connectivity index (χ0n) is 15.3. The molecule has 132 valence electrons. The Kier molecular flexibility index (Phi) is 6.07. The lowest BCUT2D eigenvalue weighted by atomic mass is 10.00. The molecule has 0 bridgehead atoms. The van der Waals surface area contributed by atoms with E-state index in [0.29, 0.717) is 0 Å². The fourth-order valence-corrected chi connectivity index (χ4v) is 3.31. The largest absolute Gasteiger partial charge is 0.355 e. The summed E-state index contributed by atoms with van der Waals surface area (Å²) < 4.78 is 0. The Morgan fingerprint density at radius 1 is 1.08 bits per heavy atom. The maximum absolute atomic E-state index is 4.32. The van der Waals surface area contributed by atoms with Gasteiger partial charge in [-0.3, -0.25) is 9.89 Å². The Morgan fingerprint density at radius 2 is 1.92 bits per heavy atom. The van der Waals surface area contributed by atoms with E-state index in [9.17, 15) is 0 Å². The van der Waals surface area contributed by atoms with Gasteiger partial charge in [-0.05, 0) is 30.0 Å². The fourth-order valence-electron chi connectivity index (χ4n) is 3.31. The van der Waals surface area contributed by atoms with Crippen molar-refractivity contribution in [2.24, 2.45) is 4.99 Å². The second kappa shape index (κ2) is 8.67. The summed E-state index contributed by atoms with van der Waals surface area (Å²) in [6, 6.07) is 17.3. The molecule has 1 aliphatic rings. The van der Waals surface area contributed by atoms with Crippen LogP contribution in [-0.4, -0.2) is 37.5 Å². The van der Waals surface area contributed by atoms with Gasteiger partial charge in [0.05, 0.1) is 0 Å². The molecule has 0 radical (unpaired) electrons. The highest BCUT2D eigenvalue weighted by Gasteiger charge is 2.14. The van der Waals surface area contributed by atoms with Crippen LogP contribution in [0.25, 0.3) is 0 Å². The van der Waals surface area contributed by atoms with Crippen LogP contribution in [0.4, 0.5) is 0 Å². The number of aliphatic imine (C=N–C) groups is 1. The standard InChI is InChI=1S/C21H28N4/c1-17-6-5-7-18(14-17)15-24-21(22-2)23-11-13-25-12-10-19-8-3-4-9-20(19)16-25/h3-9,14H,10-13,15-16H2,1-2H3,(H2,22,23,24). The molecule has 25 heavy (non-hydrogen) atoms. The molecule has 0 spiro atoms. The van der Waals surface area contributed by atoms with Crippen molar-refractivity contribution < 1.29 is 0 Å². The SMILES string of the molecule is CN=C(NCCN1CCc2ccccc2C1)NCc1cccc(C)c1. The molecule has 0 saturated heterocycles. The van der Waals surface area contributed by atoms with E-state index < -0.39 is 0 Å². The zero-order valence-corrected chi connectivity index (χ0v) is 15.3. The molecule has 4 heteroatoms. The van der Waals surface area contributed by atoms with Crippen LogP contribution in [-0.2, 0) is 19.5 Å². The van der Waals surface area contributed by atoms with Crippen molar-refractivity contribution in [2.45, 2.75) is 26.4 Å². The lowest BCUT2D eigenvalue weighted by molar-refractivity contribution is 0.258. The van der Waals surface area contributed by atoms with E-state index in [1.54, 1.807) is 0 Å². The van der Waals surface area contributed by atoms with Crippen molar-refractivity contribution in [3.63, 3.8) is 0 Å². The summed E-state index contributed by atoms with van der Waals surface area (Å²) in [7, 11) is 1.82. The third-order valence-electron chi connectivity index (χ3n) is 4.70. The van der Waals surface area contributed by atoms with Gasteiger partial charge in [-0.15, -0.1) is 0 Å². The maximum Gasteiger partial charge on any atom is 0.191 e. The highest BCUT2D eigenvalue weighted by molar-refractivity contribution is 5.79. The van der Waals surface area contributed by atoms with Gasteiger partial charge in [-0.25, -0.2) is 0 Å². The molecule has 0 fully saturated rings. The normalized spacial score (nSPS) is 14.9. The van der Waals surface area contributed by atoms with Crippen molar-refractivity contribution >= 4 is 5.96 Å². The van der Waals surface area contributed by atoms with Gasteiger partial charge >= 0.3 is 0 Å². The van der Waals surface area contributed by atoms with Gasteiger partial charge in [-0.1, -0.05) is 54.1 Å². The smallest absolute Gasteiger partial charge is 0.191 e. The number of nitrogens with zero attached hydrogens (tertiary/aromatic N) is 2. The van der Waals surface area contributed by atoms with Crippen molar-refractivity contribution in [1.82, 2.24) is 15.5 Å². The van der Waals surface area contributed by atoms with Gasteiger partial charge in [-0.2, -0.15) is 0 Å². The van der Waals surface area contributed by atoms with Crippen LogP contribution in [0.1, 0.15) is 22.3 Å². The molecule has 2 N–H and O–H groups in total. The first kappa shape index (κ1) is 17.5. The van der Waals surface area contributed by atoms with Crippen LogP contribution in [0.3, 0.4) is 0 Å². The summed E-state index contributed by atoms with van der Waals surface area (Å²) in [6.07, 6.45) is 1.15. The van der Waals surface area contributed by atoms with Gasteiger partial charge in [0.15, 0.2) is 5.96 Å². The molecule has 4 nitrogen and oxygen atoms in total.